The molecule has 1 aliphatic heterocycles. The Labute approximate surface area is 168 Å². The maximum Gasteiger partial charge on any atom is 0.285 e. The molecule has 1 saturated heterocycles. The summed E-state index contributed by atoms with van der Waals surface area (Å²) in [4.78, 5) is 25.4. The normalized spacial score (nSPS) is 16.1. The van der Waals surface area contributed by atoms with Gasteiger partial charge in [0.1, 0.15) is 0 Å². The van der Waals surface area contributed by atoms with Gasteiger partial charge in [-0.25, -0.2) is 0 Å². The summed E-state index contributed by atoms with van der Waals surface area (Å²) in [6.45, 7) is 6.47. The topological polar surface area (TPSA) is 49.4 Å². The van der Waals surface area contributed by atoms with Crippen LogP contribution in [0.1, 0.15) is 42.3 Å². The van der Waals surface area contributed by atoms with Crippen LogP contribution in [0.15, 0.2) is 59.5 Å². The van der Waals surface area contributed by atoms with Crippen LogP contribution in [0.3, 0.4) is 0 Å². The van der Waals surface area contributed by atoms with Crippen molar-refractivity contribution in [1.29, 1.82) is 0 Å². The fourth-order valence-corrected chi connectivity index (χ4v) is 3.73. The summed E-state index contributed by atoms with van der Waals surface area (Å²) < 4.78 is 0.307. The zero-order chi connectivity index (χ0) is 19.6. The first kappa shape index (κ1) is 19.3. The van der Waals surface area contributed by atoms with Crippen LogP contribution in [0.2, 0.25) is 0 Å². The van der Waals surface area contributed by atoms with Crippen LogP contribution < -0.4 is 5.43 Å². The largest absolute Gasteiger partial charge is 0.285 e. The zero-order valence-electron chi connectivity index (χ0n) is 15.4. The maximum absolute atomic E-state index is 12.6. The summed E-state index contributed by atoms with van der Waals surface area (Å²) in [5.74, 6) is -0.697. The van der Waals surface area contributed by atoms with Gasteiger partial charge in [0.05, 0.1) is 4.91 Å². The molecule has 138 valence electrons. The highest BCUT2D eigenvalue weighted by Gasteiger charge is 2.33. The highest BCUT2D eigenvalue weighted by molar-refractivity contribution is 8.26. The number of rotatable bonds is 3. The number of nitrogens with zero attached hydrogens (tertiary/aromatic N) is 1. The molecule has 1 fully saturated rings. The van der Waals surface area contributed by atoms with Gasteiger partial charge in [-0.05, 0) is 47.0 Å². The van der Waals surface area contributed by atoms with Gasteiger partial charge in [0.15, 0.2) is 4.32 Å². The van der Waals surface area contributed by atoms with Crippen LogP contribution in [-0.2, 0) is 10.2 Å². The standard InChI is InChI=1S/C21H20N2O2S2/c1-21(2,3)16-11-9-14(10-12-16)13-17-19(25)23(20(26)27-17)22-18(24)15-7-5-4-6-8-15/h4-13H,1-3H3,(H,22,24). The molecule has 1 aliphatic rings. The second-order valence-corrected chi connectivity index (χ2v) is 8.87. The van der Waals surface area contributed by atoms with Crippen LogP contribution in [0.25, 0.3) is 6.08 Å². The molecule has 4 nitrogen and oxygen atoms in total. The van der Waals surface area contributed by atoms with Crippen LogP contribution in [0.4, 0.5) is 0 Å². The maximum atomic E-state index is 12.6. The van der Waals surface area contributed by atoms with Gasteiger partial charge in [-0.15, -0.1) is 0 Å². The van der Waals surface area contributed by atoms with Crippen molar-refractivity contribution in [2.45, 2.75) is 26.2 Å². The van der Waals surface area contributed by atoms with Crippen LogP contribution in [0, 0.1) is 0 Å². The van der Waals surface area contributed by atoms with E-state index in [2.05, 4.69) is 38.3 Å². The van der Waals surface area contributed by atoms with E-state index in [4.69, 9.17) is 12.2 Å². The third-order valence-electron chi connectivity index (χ3n) is 4.12. The van der Waals surface area contributed by atoms with E-state index in [0.29, 0.717) is 14.8 Å². The summed E-state index contributed by atoms with van der Waals surface area (Å²) >= 11 is 6.44. The van der Waals surface area contributed by atoms with Crippen molar-refractivity contribution in [3.63, 3.8) is 0 Å². The number of carbonyl (C=O) groups excluding carboxylic acids is 2. The number of thiocarbonyl (C=S) groups is 1. The lowest BCUT2D eigenvalue weighted by Gasteiger charge is -2.18. The van der Waals surface area contributed by atoms with Crippen LogP contribution in [-0.4, -0.2) is 21.1 Å². The van der Waals surface area contributed by atoms with E-state index in [1.54, 1.807) is 30.3 Å². The van der Waals surface area contributed by atoms with Crippen molar-refractivity contribution in [1.82, 2.24) is 10.4 Å². The number of hydrogen-bond donors (Lipinski definition) is 1. The number of hydrogen-bond acceptors (Lipinski definition) is 4. The number of benzene rings is 2. The molecule has 2 amide bonds. The molecular formula is C21H20N2O2S2. The summed E-state index contributed by atoms with van der Waals surface area (Å²) in [5.41, 5.74) is 5.26. The highest BCUT2D eigenvalue weighted by atomic mass is 32.2. The molecule has 27 heavy (non-hydrogen) atoms. The molecule has 3 rings (SSSR count). The smallest absolute Gasteiger partial charge is 0.267 e. The fourth-order valence-electron chi connectivity index (χ4n) is 2.55. The highest BCUT2D eigenvalue weighted by Crippen LogP contribution is 2.32. The van der Waals surface area contributed by atoms with Crippen molar-refractivity contribution in [3.05, 3.63) is 76.2 Å². The molecular weight excluding hydrogens is 376 g/mol. The zero-order valence-corrected chi connectivity index (χ0v) is 17.0. The van der Waals surface area contributed by atoms with Gasteiger partial charge in [-0.1, -0.05) is 75.0 Å². The number of carbonyl (C=O) groups is 2. The molecule has 1 N–H and O–H groups in total. The van der Waals surface area contributed by atoms with E-state index in [1.165, 1.54) is 17.3 Å². The Balaban J connectivity index is 1.75. The number of nitrogens with one attached hydrogen (secondary N) is 1. The Morgan fingerprint density at radius 2 is 1.70 bits per heavy atom. The Bertz CT molecular complexity index is 913. The minimum Gasteiger partial charge on any atom is -0.267 e. The van der Waals surface area contributed by atoms with Crippen molar-refractivity contribution in [2.75, 3.05) is 0 Å². The van der Waals surface area contributed by atoms with Gasteiger partial charge < -0.3 is 0 Å². The Kier molecular flexibility index (Phi) is 5.48. The molecule has 1 heterocycles. The molecule has 0 radical (unpaired) electrons. The third-order valence-corrected chi connectivity index (χ3v) is 5.42. The monoisotopic (exact) mass is 396 g/mol. The molecule has 2 aromatic carbocycles. The fraction of sp³-hybridized carbons (Fsp3) is 0.190. The first-order valence-electron chi connectivity index (χ1n) is 8.50. The molecule has 0 spiro atoms. The van der Waals surface area contributed by atoms with Crippen LogP contribution in [0.5, 0.6) is 0 Å². The van der Waals surface area contributed by atoms with Gasteiger partial charge >= 0.3 is 0 Å². The quantitative estimate of drug-likeness (QED) is 0.612. The lowest BCUT2D eigenvalue weighted by Crippen LogP contribution is -2.44. The predicted octanol–water partition coefficient (Wildman–Crippen LogP) is 4.53. The predicted molar refractivity (Wildman–Crippen MR) is 114 cm³/mol. The molecule has 0 atom stereocenters. The molecule has 0 bridgehead atoms. The Morgan fingerprint density at radius 1 is 1.07 bits per heavy atom. The average Bonchev–Trinajstić information content (AvgIpc) is 2.89. The van der Waals surface area contributed by atoms with Gasteiger partial charge in [-0.3, -0.25) is 15.0 Å². The summed E-state index contributed by atoms with van der Waals surface area (Å²) in [6, 6.07) is 16.8. The van der Waals surface area contributed by atoms with E-state index in [1.807, 2.05) is 18.2 Å². The minimum atomic E-state index is -0.373. The first-order chi connectivity index (χ1) is 12.8. The second-order valence-electron chi connectivity index (χ2n) is 7.20. The third kappa shape index (κ3) is 4.46. The van der Waals surface area contributed by atoms with Gasteiger partial charge in [0, 0.05) is 5.56 Å². The van der Waals surface area contributed by atoms with Gasteiger partial charge in [0.2, 0.25) is 0 Å². The van der Waals surface area contributed by atoms with Crippen molar-refractivity contribution >= 4 is 46.2 Å². The van der Waals surface area contributed by atoms with E-state index in [9.17, 15) is 9.59 Å². The summed E-state index contributed by atoms with van der Waals surface area (Å²) in [6.07, 6.45) is 1.79. The summed E-state index contributed by atoms with van der Waals surface area (Å²) in [7, 11) is 0. The molecule has 0 aliphatic carbocycles. The molecule has 0 saturated carbocycles. The van der Waals surface area contributed by atoms with E-state index >= 15 is 0 Å². The lowest BCUT2D eigenvalue weighted by molar-refractivity contribution is -0.123. The minimum absolute atomic E-state index is 0.0731. The SMILES string of the molecule is CC(C)(C)c1ccc(C=C2SC(=S)N(NC(=O)c3ccccc3)C2=O)cc1. The Hall–Kier alpha value is -2.44. The van der Waals surface area contributed by atoms with Crippen LogP contribution >= 0.6 is 24.0 Å². The molecule has 6 heteroatoms. The number of thioether (sulfide) groups is 1. The summed E-state index contributed by atoms with van der Waals surface area (Å²) in [5, 5.41) is 1.13. The molecule has 0 unspecified atom stereocenters. The van der Waals surface area contributed by atoms with E-state index in [0.717, 1.165) is 10.6 Å². The van der Waals surface area contributed by atoms with Gasteiger partial charge in [-0.2, -0.15) is 5.01 Å². The second kappa shape index (κ2) is 7.66. The molecule has 2 aromatic rings. The first-order valence-corrected chi connectivity index (χ1v) is 9.73. The number of hydrazine groups is 1. The number of amides is 2. The van der Waals surface area contributed by atoms with Crippen molar-refractivity contribution in [3.8, 4) is 0 Å². The Morgan fingerprint density at radius 3 is 2.30 bits per heavy atom. The van der Waals surface area contributed by atoms with E-state index in [-0.39, 0.29) is 17.2 Å². The van der Waals surface area contributed by atoms with Gasteiger partial charge in [0.25, 0.3) is 11.8 Å². The van der Waals surface area contributed by atoms with E-state index < -0.39 is 0 Å². The van der Waals surface area contributed by atoms with Crippen molar-refractivity contribution in [2.24, 2.45) is 0 Å². The molecule has 0 aromatic heterocycles. The average molecular weight is 397 g/mol. The lowest BCUT2D eigenvalue weighted by atomic mass is 9.87. The van der Waals surface area contributed by atoms with Crippen molar-refractivity contribution < 1.29 is 9.59 Å².